The van der Waals surface area contributed by atoms with Crippen LogP contribution in [0, 0.1) is 0 Å². The van der Waals surface area contributed by atoms with Gasteiger partial charge >= 0.3 is 5.97 Å². The molecular weight excluding hydrogens is 273 g/mol. The standard InChI is InChI=1S/C16H22FNO3/c1-10(2)12-4-6-13(7-5-12)11(3)8-15(19)18-14(9-17)16(20)21/h4-7,10-11,14H,8-9H2,1-3H3,(H,18,19)(H,20,21). The van der Waals surface area contributed by atoms with Crippen LogP contribution in [0.5, 0.6) is 0 Å². The van der Waals surface area contributed by atoms with Crippen LogP contribution in [-0.4, -0.2) is 29.7 Å². The largest absolute Gasteiger partial charge is 0.480 e. The van der Waals surface area contributed by atoms with E-state index in [4.69, 9.17) is 5.11 Å². The number of carbonyl (C=O) groups is 2. The molecular formula is C16H22FNO3. The monoisotopic (exact) mass is 295 g/mol. The lowest BCUT2D eigenvalue weighted by atomic mass is 9.94. The second-order valence-corrected chi connectivity index (χ2v) is 5.54. The minimum Gasteiger partial charge on any atom is -0.480 e. The zero-order chi connectivity index (χ0) is 16.0. The van der Waals surface area contributed by atoms with E-state index in [9.17, 15) is 14.0 Å². The molecule has 0 aliphatic carbocycles. The number of amides is 1. The van der Waals surface area contributed by atoms with Gasteiger partial charge in [-0.25, -0.2) is 9.18 Å². The number of hydrogen-bond acceptors (Lipinski definition) is 2. The highest BCUT2D eigenvalue weighted by Crippen LogP contribution is 2.22. The van der Waals surface area contributed by atoms with Crippen LogP contribution in [-0.2, 0) is 9.59 Å². The predicted octanol–water partition coefficient (Wildman–Crippen LogP) is 2.84. The Morgan fingerprint density at radius 2 is 1.67 bits per heavy atom. The highest BCUT2D eigenvalue weighted by molar-refractivity contribution is 5.84. The Hall–Kier alpha value is -1.91. The van der Waals surface area contributed by atoms with E-state index in [1.54, 1.807) is 0 Å². The van der Waals surface area contributed by atoms with Crippen molar-refractivity contribution < 1.29 is 19.1 Å². The van der Waals surface area contributed by atoms with Gasteiger partial charge in [-0.05, 0) is 23.0 Å². The molecule has 5 heteroatoms. The molecule has 2 N–H and O–H groups in total. The lowest BCUT2D eigenvalue weighted by molar-refractivity contribution is -0.142. The van der Waals surface area contributed by atoms with E-state index in [1.807, 2.05) is 31.2 Å². The third-order valence-electron chi connectivity index (χ3n) is 3.45. The summed E-state index contributed by atoms with van der Waals surface area (Å²) in [6.07, 6.45) is 0.130. The third kappa shape index (κ3) is 5.17. The van der Waals surface area contributed by atoms with Crippen LogP contribution < -0.4 is 5.32 Å². The number of alkyl halides is 1. The molecule has 21 heavy (non-hydrogen) atoms. The van der Waals surface area contributed by atoms with E-state index in [1.165, 1.54) is 5.56 Å². The molecule has 1 amide bonds. The normalized spacial score (nSPS) is 13.8. The lowest BCUT2D eigenvalue weighted by Gasteiger charge is -2.15. The Morgan fingerprint density at radius 1 is 1.14 bits per heavy atom. The second-order valence-electron chi connectivity index (χ2n) is 5.54. The zero-order valence-corrected chi connectivity index (χ0v) is 12.6. The maximum absolute atomic E-state index is 12.5. The number of benzene rings is 1. The van der Waals surface area contributed by atoms with Gasteiger partial charge in [0.15, 0.2) is 6.04 Å². The van der Waals surface area contributed by atoms with Gasteiger partial charge in [0.2, 0.25) is 5.91 Å². The van der Waals surface area contributed by atoms with Gasteiger partial charge in [0.05, 0.1) is 0 Å². The zero-order valence-electron chi connectivity index (χ0n) is 12.6. The topological polar surface area (TPSA) is 66.4 Å². The SMILES string of the molecule is CC(C)c1ccc(C(C)CC(=O)NC(CF)C(=O)O)cc1. The Labute approximate surface area is 124 Å². The average Bonchev–Trinajstić information content (AvgIpc) is 2.44. The van der Waals surface area contributed by atoms with E-state index >= 15 is 0 Å². The molecule has 0 spiro atoms. The molecule has 1 rings (SSSR count). The molecule has 0 bridgehead atoms. The fraction of sp³-hybridized carbons (Fsp3) is 0.500. The van der Waals surface area contributed by atoms with Crippen molar-refractivity contribution in [1.82, 2.24) is 5.32 Å². The quantitative estimate of drug-likeness (QED) is 0.813. The fourth-order valence-corrected chi connectivity index (χ4v) is 2.02. The van der Waals surface area contributed by atoms with Crippen LogP contribution in [0.1, 0.15) is 50.2 Å². The minimum absolute atomic E-state index is 0.0553. The van der Waals surface area contributed by atoms with Crippen LogP contribution in [0.15, 0.2) is 24.3 Å². The van der Waals surface area contributed by atoms with Crippen LogP contribution in [0.2, 0.25) is 0 Å². The summed E-state index contributed by atoms with van der Waals surface area (Å²) in [6, 6.07) is 6.52. The number of rotatable bonds is 7. The summed E-state index contributed by atoms with van der Waals surface area (Å²) in [5.74, 6) is -1.43. The van der Waals surface area contributed by atoms with Crippen LogP contribution in [0.4, 0.5) is 4.39 Å². The summed E-state index contributed by atoms with van der Waals surface area (Å²) in [5, 5.41) is 10.9. The van der Waals surface area contributed by atoms with Crippen molar-refractivity contribution in [3.05, 3.63) is 35.4 Å². The number of hydrogen-bond donors (Lipinski definition) is 2. The smallest absolute Gasteiger partial charge is 0.328 e. The fourth-order valence-electron chi connectivity index (χ4n) is 2.02. The van der Waals surface area contributed by atoms with E-state index in [2.05, 4.69) is 19.2 Å². The molecule has 2 unspecified atom stereocenters. The summed E-state index contributed by atoms with van der Waals surface area (Å²) in [5.41, 5.74) is 2.22. The molecule has 0 aliphatic heterocycles. The Bertz CT molecular complexity index is 485. The number of carbonyl (C=O) groups excluding carboxylic acids is 1. The molecule has 2 atom stereocenters. The molecule has 116 valence electrons. The number of nitrogens with one attached hydrogen (secondary N) is 1. The molecule has 4 nitrogen and oxygen atoms in total. The summed E-state index contributed by atoms with van der Waals surface area (Å²) < 4.78 is 12.5. The Balaban J connectivity index is 2.61. The summed E-state index contributed by atoms with van der Waals surface area (Å²) in [4.78, 5) is 22.4. The van der Waals surface area contributed by atoms with Gasteiger partial charge in [0.1, 0.15) is 6.67 Å². The molecule has 0 radical (unpaired) electrons. The molecule has 0 fully saturated rings. The first-order chi connectivity index (χ1) is 9.85. The van der Waals surface area contributed by atoms with Gasteiger partial charge in [-0.2, -0.15) is 0 Å². The van der Waals surface area contributed by atoms with Gasteiger partial charge in [-0.3, -0.25) is 4.79 Å². The van der Waals surface area contributed by atoms with Gasteiger partial charge in [-0.1, -0.05) is 45.0 Å². The van der Waals surface area contributed by atoms with Crippen LogP contribution in [0.25, 0.3) is 0 Å². The minimum atomic E-state index is -1.46. The average molecular weight is 295 g/mol. The van der Waals surface area contributed by atoms with Crippen molar-refractivity contribution in [2.24, 2.45) is 0 Å². The van der Waals surface area contributed by atoms with E-state index in [0.29, 0.717) is 5.92 Å². The molecule has 0 saturated carbocycles. The summed E-state index contributed by atoms with van der Waals surface area (Å²) in [6.45, 7) is 4.98. The molecule has 0 heterocycles. The number of aliphatic carboxylic acids is 1. The highest BCUT2D eigenvalue weighted by Gasteiger charge is 2.21. The summed E-state index contributed by atoms with van der Waals surface area (Å²) in [7, 11) is 0. The van der Waals surface area contributed by atoms with Crippen molar-refractivity contribution >= 4 is 11.9 Å². The predicted molar refractivity (Wildman–Crippen MR) is 79.1 cm³/mol. The van der Waals surface area contributed by atoms with E-state index < -0.39 is 24.6 Å². The van der Waals surface area contributed by atoms with Crippen LogP contribution >= 0.6 is 0 Å². The molecule has 1 aromatic carbocycles. The molecule has 1 aromatic rings. The van der Waals surface area contributed by atoms with Crippen molar-refractivity contribution in [3.63, 3.8) is 0 Å². The third-order valence-corrected chi connectivity index (χ3v) is 3.45. The number of carboxylic acid groups (broad SMARTS) is 1. The molecule has 0 saturated heterocycles. The van der Waals surface area contributed by atoms with Gasteiger partial charge in [0.25, 0.3) is 0 Å². The highest BCUT2D eigenvalue weighted by atomic mass is 19.1. The van der Waals surface area contributed by atoms with Crippen molar-refractivity contribution in [1.29, 1.82) is 0 Å². The maximum Gasteiger partial charge on any atom is 0.328 e. The van der Waals surface area contributed by atoms with Crippen molar-refractivity contribution in [2.45, 2.75) is 45.1 Å². The first kappa shape index (κ1) is 17.1. The van der Waals surface area contributed by atoms with Gasteiger partial charge in [0, 0.05) is 6.42 Å². The Kier molecular flexibility index (Phi) is 6.34. The van der Waals surface area contributed by atoms with Gasteiger partial charge < -0.3 is 10.4 Å². The summed E-state index contributed by atoms with van der Waals surface area (Å²) >= 11 is 0. The van der Waals surface area contributed by atoms with Crippen molar-refractivity contribution in [2.75, 3.05) is 6.67 Å². The lowest BCUT2D eigenvalue weighted by Crippen LogP contribution is -2.42. The molecule has 0 aromatic heterocycles. The second kappa shape index (κ2) is 7.76. The maximum atomic E-state index is 12.5. The first-order valence-electron chi connectivity index (χ1n) is 7.03. The van der Waals surface area contributed by atoms with Crippen molar-refractivity contribution in [3.8, 4) is 0 Å². The van der Waals surface area contributed by atoms with E-state index in [-0.39, 0.29) is 12.3 Å². The molecule has 0 aliphatic rings. The van der Waals surface area contributed by atoms with E-state index in [0.717, 1.165) is 5.56 Å². The first-order valence-corrected chi connectivity index (χ1v) is 7.03. The number of halogens is 1. The van der Waals surface area contributed by atoms with Gasteiger partial charge in [-0.15, -0.1) is 0 Å². The van der Waals surface area contributed by atoms with Crippen LogP contribution in [0.3, 0.4) is 0 Å². The Morgan fingerprint density at radius 3 is 2.10 bits per heavy atom. The number of carboxylic acids is 1.